The summed E-state index contributed by atoms with van der Waals surface area (Å²) in [6.07, 6.45) is -0.650. The molecule has 0 aliphatic carbocycles. The molecule has 1 aromatic carbocycles. The fourth-order valence-corrected chi connectivity index (χ4v) is 1.97. The first-order chi connectivity index (χ1) is 11.6. The number of carboxylic acids is 1. The van der Waals surface area contributed by atoms with Crippen LogP contribution in [0.25, 0.3) is 0 Å². The molecule has 0 radical (unpaired) electrons. The minimum Gasteiger partial charge on any atom is -0.480 e. The minimum atomic E-state index is -1.45. The zero-order chi connectivity index (χ0) is 19.0. The fraction of sp³-hybridized carbons (Fsp3) is 0.471. The number of aliphatic carboxylic acids is 1. The van der Waals surface area contributed by atoms with Crippen molar-refractivity contribution in [2.45, 2.75) is 44.9 Å². The Labute approximate surface area is 146 Å². The van der Waals surface area contributed by atoms with Crippen LogP contribution >= 0.6 is 0 Å². The smallest absolute Gasteiger partial charge is 0.408 e. The first kappa shape index (κ1) is 20.4. The quantitative estimate of drug-likeness (QED) is 0.572. The lowest BCUT2D eigenvalue weighted by molar-refractivity contribution is -0.143. The van der Waals surface area contributed by atoms with Crippen LogP contribution in [-0.4, -0.2) is 52.5 Å². The Morgan fingerprint density at radius 1 is 1.08 bits per heavy atom. The third-order valence-corrected chi connectivity index (χ3v) is 3.09. The number of hydrogen-bond acceptors (Lipinski definition) is 5. The van der Waals surface area contributed by atoms with Gasteiger partial charge in [-0.1, -0.05) is 30.3 Å². The molecule has 2 atom stereocenters. The molecule has 0 spiro atoms. The van der Waals surface area contributed by atoms with Crippen LogP contribution in [0.3, 0.4) is 0 Å². The van der Waals surface area contributed by atoms with Crippen LogP contribution < -0.4 is 10.6 Å². The summed E-state index contributed by atoms with van der Waals surface area (Å²) >= 11 is 0. The molecule has 0 fully saturated rings. The molecule has 4 N–H and O–H groups in total. The first-order valence-corrected chi connectivity index (χ1v) is 7.80. The van der Waals surface area contributed by atoms with Gasteiger partial charge in [0.25, 0.3) is 0 Å². The van der Waals surface area contributed by atoms with E-state index in [0.717, 1.165) is 5.56 Å². The van der Waals surface area contributed by atoms with Crippen LogP contribution in [0.5, 0.6) is 0 Å². The summed E-state index contributed by atoms with van der Waals surface area (Å²) in [5, 5.41) is 22.6. The molecule has 8 heteroatoms. The van der Waals surface area contributed by atoms with Gasteiger partial charge >= 0.3 is 12.1 Å². The van der Waals surface area contributed by atoms with Gasteiger partial charge in [0.1, 0.15) is 17.7 Å². The van der Waals surface area contributed by atoms with E-state index < -0.39 is 42.3 Å². The molecule has 0 heterocycles. The van der Waals surface area contributed by atoms with Crippen molar-refractivity contribution in [2.24, 2.45) is 0 Å². The Kier molecular flexibility index (Phi) is 7.38. The summed E-state index contributed by atoms with van der Waals surface area (Å²) in [6.45, 7) is 4.30. The summed E-state index contributed by atoms with van der Waals surface area (Å²) in [5.41, 5.74) is 0.0293. The maximum Gasteiger partial charge on any atom is 0.408 e. The molecule has 0 aliphatic heterocycles. The van der Waals surface area contributed by atoms with E-state index in [1.165, 1.54) is 0 Å². The van der Waals surface area contributed by atoms with Crippen LogP contribution in [0.4, 0.5) is 4.79 Å². The second-order valence-corrected chi connectivity index (χ2v) is 6.47. The standard InChI is InChI=1S/C17H24N2O6/c1-17(2,3)25-16(24)19-12(9-11-7-5-4-6-8-11)14(21)18-13(10-20)15(22)23/h4-8,12-13,20H,9-10H2,1-3H3,(H,18,21)(H,19,24)(H,22,23)/t12-,13-/m0/s1. The van der Waals surface area contributed by atoms with Crippen molar-refractivity contribution >= 4 is 18.0 Å². The van der Waals surface area contributed by atoms with Gasteiger partial charge in [-0.15, -0.1) is 0 Å². The molecule has 25 heavy (non-hydrogen) atoms. The van der Waals surface area contributed by atoms with Gasteiger partial charge in [-0.25, -0.2) is 9.59 Å². The Bertz CT molecular complexity index is 597. The molecule has 138 valence electrons. The van der Waals surface area contributed by atoms with E-state index in [9.17, 15) is 14.4 Å². The minimum absolute atomic E-state index is 0.143. The largest absolute Gasteiger partial charge is 0.480 e. The zero-order valence-electron chi connectivity index (χ0n) is 14.5. The van der Waals surface area contributed by atoms with Gasteiger partial charge in [-0.2, -0.15) is 0 Å². The normalized spacial score (nSPS) is 13.4. The predicted octanol–water partition coefficient (Wildman–Crippen LogP) is 0.684. The van der Waals surface area contributed by atoms with Crippen molar-refractivity contribution in [3.63, 3.8) is 0 Å². The number of amides is 2. The van der Waals surface area contributed by atoms with Crippen LogP contribution in [0.2, 0.25) is 0 Å². The number of ether oxygens (including phenoxy) is 1. The second-order valence-electron chi connectivity index (χ2n) is 6.47. The number of rotatable bonds is 7. The van der Waals surface area contributed by atoms with Crippen LogP contribution in [0.1, 0.15) is 26.3 Å². The highest BCUT2D eigenvalue weighted by Gasteiger charge is 2.28. The van der Waals surface area contributed by atoms with Gasteiger partial charge in [0.2, 0.25) is 5.91 Å². The lowest BCUT2D eigenvalue weighted by Crippen LogP contribution is -2.54. The molecular formula is C17H24N2O6. The van der Waals surface area contributed by atoms with Crippen LogP contribution in [0, 0.1) is 0 Å². The number of carbonyl (C=O) groups excluding carboxylic acids is 2. The SMILES string of the molecule is CC(C)(C)OC(=O)N[C@@H](Cc1ccccc1)C(=O)N[C@@H](CO)C(=O)O. The van der Waals surface area contributed by atoms with E-state index in [1.807, 2.05) is 6.07 Å². The van der Waals surface area contributed by atoms with E-state index in [-0.39, 0.29) is 6.42 Å². The highest BCUT2D eigenvalue weighted by molar-refractivity contribution is 5.89. The number of aliphatic hydroxyl groups excluding tert-OH is 1. The van der Waals surface area contributed by atoms with Crippen molar-refractivity contribution in [3.05, 3.63) is 35.9 Å². The first-order valence-electron chi connectivity index (χ1n) is 7.80. The fourth-order valence-electron chi connectivity index (χ4n) is 1.97. The van der Waals surface area contributed by atoms with E-state index in [0.29, 0.717) is 0 Å². The summed E-state index contributed by atoms with van der Waals surface area (Å²) in [6, 6.07) is 6.43. The number of alkyl carbamates (subject to hydrolysis) is 1. The second kappa shape index (κ2) is 9.03. The maximum absolute atomic E-state index is 12.4. The van der Waals surface area contributed by atoms with E-state index in [2.05, 4.69) is 10.6 Å². The maximum atomic E-state index is 12.4. The Balaban J connectivity index is 2.88. The highest BCUT2D eigenvalue weighted by Crippen LogP contribution is 2.09. The van der Waals surface area contributed by atoms with Gasteiger partial charge in [-0.05, 0) is 26.3 Å². The molecule has 8 nitrogen and oxygen atoms in total. The molecule has 1 rings (SSSR count). The number of nitrogens with one attached hydrogen (secondary N) is 2. The lowest BCUT2D eigenvalue weighted by atomic mass is 10.1. The van der Waals surface area contributed by atoms with Gasteiger partial charge in [0.05, 0.1) is 6.61 Å². The summed E-state index contributed by atoms with van der Waals surface area (Å²) in [4.78, 5) is 35.3. The molecule has 2 amide bonds. The number of carboxylic acid groups (broad SMARTS) is 1. The zero-order valence-corrected chi connectivity index (χ0v) is 14.5. The topological polar surface area (TPSA) is 125 Å². The summed E-state index contributed by atoms with van der Waals surface area (Å²) < 4.78 is 5.14. The monoisotopic (exact) mass is 352 g/mol. The third kappa shape index (κ3) is 7.67. The van der Waals surface area contributed by atoms with Crippen molar-refractivity contribution in [1.82, 2.24) is 10.6 Å². The van der Waals surface area contributed by atoms with Crippen molar-refractivity contribution in [2.75, 3.05) is 6.61 Å². The van der Waals surface area contributed by atoms with Gasteiger partial charge in [0, 0.05) is 6.42 Å². The van der Waals surface area contributed by atoms with Crippen LogP contribution in [-0.2, 0) is 20.7 Å². The molecule has 0 unspecified atom stereocenters. The highest BCUT2D eigenvalue weighted by atomic mass is 16.6. The van der Waals surface area contributed by atoms with Crippen molar-refractivity contribution < 1.29 is 29.3 Å². The van der Waals surface area contributed by atoms with Crippen molar-refractivity contribution in [3.8, 4) is 0 Å². The molecule has 1 aromatic rings. The molecule has 0 aliphatic rings. The number of benzene rings is 1. The van der Waals surface area contributed by atoms with E-state index in [4.69, 9.17) is 14.9 Å². The molecule has 0 aromatic heterocycles. The van der Waals surface area contributed by atoms with Crippen LogP contribution in [0.15, 0.2) is 30.3 Å². The average Bonchev–Trinajstić information content (AvgIpc) is 2.50. The van der Waals surface area contributed by atoms with Crippen molar-refractivity contribution in [1.29, 1.82) is 0 Å². The Hall–Kier alpha value is -2.61. The predicted molar refractivity (Wildman–Crippen MR) is 90.0 cm³/mol. The molecule has 0 saturated carbocycles. The third-order valence-electron chi connectivity index (χ3n) is 3.09. The molecule has 0 saturated heterocycles. The lowest BCUT2D eigenvalue weighted by Gasteiger charge is -2.24. The molecule has 0 bridgehead atoms. The summed E-state index contributed by atoms with van der Waals surface area (Å²) in [5.74, 6) is -2.09. The van der Waals surface area contributed by atoms with Gasteiger partial charge in [0.15, 0.2) is 0 Å². The van der Waals surface area contributed by atoms with E-state index >= 15 is 0 Å². The Morgan fingerprint density at radius 3 is 2.16 bits per heavy atom. The van der Waals surface area contributed by atoms with Gasteiger partial charge in [-0.3, -0.25) is 4.79 Å². The number of carbonyl (C=O) groups is 3. The van der Waals surface area contributed by atoms with E-state index in [1.54, 1.807) is 45.0 Å². The average molecular weight is 352 g/mol. The summed E-state index contributed by atoms with van der Waals surface area (Å²) in [7, 11) is 0. The Morgan fingerprint density at radius 2 is 1.68 bits per heavy atom. The number of aliphatic hydroxyl groups is 1. The van der Waals surface area contributed by atoms with Gasteiger partial charge < -0.3 is 25.6 Å². The number of hydrogen-bond donors (Lipinski definition) is 4. The molecular weight excluding hydrogens is 328 g/mol.